The largest absolute Gasteiger partial charge is 0.311 e. The molecule has 0 aromatic heterocycles. The Kier molecular flexibility index (Phi) is 3.05. The summed E-state index contributed by atoms with van der Waals surface area (Å²) >= 11 is 0. The summed E-state index contributed by atoms with van der Waals surface area (Å²) in [7, 11) is 5.07. The molecule has 0 aliphatic rings. The molecule has 0 spiro atoms. The van der Waals surface area contributed by atoms with Crippen molar-refractivity contribution >= 4 is 0 Å². The van der Waals surface area contributed by atoms with E-state index < -0.39 is 0 Å². The lowest BCUT2D eigenvalue weighted by molar-refractivity contribution is 0.625. The highest BCUT2D eigenvalue weighted by Crippen LogP contribution is 2.03. The summed E-state index contributed by atoms with van der Waals surface area (Å²) < 4.78 is 12.5. The quantitative estimate of drug-likeness (QED) is 0.647. The fraction of sp³-hybridized carbons (Fsp3) is 0.222. The normalized spacial score (nSPS) is 10.0. The maximum atomic E-state index is 12.5. The van der Waals surface area contributed by atoms with Crippen molar-refractivity contribution in [3.05, 3.63) is 42.7 Å². The van der Waals surface area contributed by atoms with Gasteiger partial charge in [-0.1, -0.05) is 12.1 Å². The van der Waals surface area contributed by atoms with Crippen LogP contribution in [-0.4, -0.2) is 6.54 Å². The van der Waals surface area contributed by atoms with Gasteiger partial charge in [0.15, 0.2) is 0 Å². The van der Waals surface area contributed by atoms with Crippen LogP contribution in [0.25, 0.3) is 0 Å². The van der Waals surface area contributed by atoms with Gasteiger partial charge in [-0.3, -0.25) is 0 Å². The highest BCUT2D eigenvalue weighted by molar-refractivity contribution is 5.16. The first-order chi connectivity index (χ1) is 5.33. The molecular formula is C9H10FN. The molecule has 0 amide bonds. The molecule has 0 bridgehead atoms. The third-order valence-corrected chi connectivity index (χ3v) is 1.45. The standard InChI is InChI=1S/C9H10FN/c1-11-6-5-8-3-2-4-9(10)7-8/h1-4,7,11H,5-6H2. The molecule has 0 unspecified atom stereocenters. The molecule has 0 aliphatic heterocycles. The second-order valence-corrected chi connectivity index (χ2v) is 2.33. The van der Waals surface area contributed by atoms with Crippen molar-refractivity contribution in [2.45, 2.75) is 6.42 Å². The predicted molar refractivity (Wildman–Crippen MR) is 42.4 cm³/mol. The van der Waals surface area contributed by atoms with Crippen LogP contribution in [0.2, 0.25) is 0 Å². The molecule has 0 saturated carbocycles. The SMILES string of the molecule is [CH]NCCc1cccc(F)c1. The molecule has 1 aromatic rings. The molecule has 1 nitrogen and oxygen atoms in total. The van der Waals surface area contributed by atoms with Crippen LogP contribution in [-0.2, 0) is 6.42 Å². The Morgan fingerprint density at radius 1 is 1.45 bits per heavy atom. The lowest BCUT2D eigenvalue weighted by Crippen LogP contribution is -2.07. The van der Waals surface area contributed by atoms with Gasteiger partial charge < -0.3 is 5.32 Å². The molecule has 2 radical (unpaired) electrons. The molecule has 0 aliphatic carbocycles. The zero-order chi connectivity index (χ0) is 8.10. The Labute approximate surface area is 66.2 Å². The van der Waals surface area contributed by atoms with Crippen molar-refractivity contribution in [3.8, 4) is 0 Å². The van der Waals surface area contributed by atoms with Crippen LogP contribution in [0.3, 0.4) is 0 Å². The third-order valence-electron chi connectivity index (χ3n) is 1.45. The van der Waals surface area contributed by atoms with E-state index in [1.807, 2.05) is 6.07 Å². The Morgan fingerprint density at radius 2 is 2.27 bits per heavy atom. The number of hydrogen-bond donors (Lipinski definition) is 1. The van der Waals surface area contributed by atoms with Gasteiger partial charge in [-0.2, -0.15) is 0 Å². The summed E-state index contributed by atoms with van der Waals surface area (Å²) in [6.45, 7) is 0.670. The van der Waals surface area contributed by atoms with Crippen molar-refractivity contribution in [1.29, 1.82) is 0 Å². The Morgan fingerprint density at radius 3 is 2.91 bits per heavy atom. The average molecular weight is 151 g/mol. The van der Waals surface area contributed by atoms with E-state index in [9.17, 15) is 4.39 Å². The maximum Gasteiger partial charge on any atom is 0.123 e. The number of rotatable bonds is 3. The van der Waals surface area contributed by atoms with E-state index in [1.54, 1.807) is 6.07 Å². The van der Waals surface area contributed by atoms with Gasteiger partial charge in [0.2, 0.25) is 0 Å². The lowest BCUT2D eigenvalue weighted by atomic mass is 10.1. The molecule has 0 heterocycles. The lowest BCUT2D eigenvalue weighted by Gasteiger charge is -1.98. The van der Waals surface area contributed by atoms with E-state index in [-0.39, 0.29) is 5.82 Å². The molecule has 1 rings (SSSR count). The van der Waals surface area contributed by atoms with Crippen LogP contribution in [0.5, 0.6) is 0 Å². The summed E-state index contributed by atoms with van der Waals surface area (Å²) in [5, 5.41) is 2.51. The number of benzene rings is 1. The van der Waals surface area contributed by atoms with Gasteiger partial charge >= 0.3 is 0 Å². The molecule has 0 saturated heterocycles. The Bertz CT molecular complexity index is 223. The molecular weight excluding hydrogens is 141 g/mol. The van der Waals surface area contributed by atoms with Crippen LogP contribution < -0.4 is 5.32 Å². The molecule has 1 N–H and O–H groups in total. The first-order valence-electron chi connectivity index (χ1n) is 3.51. The van der Waals surface area contributed by atoms with Gasteiger partial charge in [-0.25, -0.2) is 4.39 Å². The van der Waals surface area contributed by atoms with Crippen LogP contribution in [0, 0.1) is 12.9 Å². The van der Waals surface area contributed by atoms with Crippen LogP contribution in [0.1, 0.15) is 5.56 Å². The summed E-state index contributed by atoms with van der Waals surface area (Å²) in [4.78, 5) is 0. The first kappa shape index (κ1) is 8.21. The molecule has 1 aromatic carbocycles. The molecule has 2 heteroatoms. The van der Waals surface area contributed by atoms with Gasteiger partial charge in [0.05, 0.1) is 0 Å². The number of halogens is 1. The minimum atomic E-state index is -0.195. The van der Waals surface area contributed by atoms with E-state index in [1.165, 1.54) is 12.1 Å². The van der Waals surface area contributed by atoms with Crippen LogP contribution in [0.15, 0.2) is 24.3 Å². The topological polar surface area (TPSA) is 12.0 Å². The van der Waals surface area contributed by atoms with E-state index in [0.717, 1.165) is 12.0 Å². The van der Waals surface area contributed by atoms with Crippen molar-refractivity contribution < 1.29 is 4.39 Å². The Hall–Kier alpha value is -0.890. The van der Waals surface area contributed by atoms with E-state index in [4.69, 9.17) is 7.05 Å². The predicted octanol–water partition coefficient (Wildman–Crippen LogP) is 1.63. The van der Waals surface area contributed by atoms with Crippen LogP contribution in [0.4, 0.5) is 4.39 Å². The maximum absolute atomic E-state index is 12.5. The zero-order valence-electron chi connectivity index (χ0n) is 6.18. The minimum absolute atomic E-state index is 0.195. The fourth-order valence-electron chi connectivity index (χ4n) is 0.909. The molecule has 11 heavy (non-hydrogen) atoms. The van der Waals surface area contributed by atoms with Crippen molar-refractivity contribution in [3.63, 3.8) is 0 Å². The minimum Gasteiger partial charge on any atom is -0.311 e. The molecule has 0 fully saturated rings. The monoisotopic (exact) mass is 151 g/mol. The van der Waals surface area contributed by atoms with Crippen molar-refractivity contribution in [2.75, 3.05) is 6.54 Å². The summed E-state index contributed by atoms with van der Waals surface area (Å²) in [6, 6.07) is 6.51. The third kappa shape index (κ3) is 2.68. The van der Waals surface area contributed by atoms with Gasteiger partial charge in [0.1, 0.15) is 5.82 Å². The van der Waals surface area contributed by atoms with E-state index >= 15 is 0 Å². The Balaban J connectivity index is 2.56. The summed E-state index contributed by atoms with van der Waals surface area (Å²) in [5.74, 6) is -0.195. The van der Waals surface area contributed by atoms with Crippen LogP contribution >= 0.6 is 0 Å². The van der Waals surface area contributed by atoms with Gasteiger partial charge in [0, 0.05) is 7.05 Å². The second kappa shape index (κ2) is 4.09. The summed E-state index contributed by atoms with van der Waals surface area (Å²) in [6.07, 6.45) is 0.758. The fourth-order valence-corrected chi connectivity index (χ4v) is 0.909. The molecule has 0 atom stereocenters. The van der Waals surface area contributed by atoms with E-state index in [0.29, 0.717) is 6.54 Å². The summed E-state index contributed by atoms with van der Waals surface area (Å²) in [5.41, 5.74) is 0.961. The zero-order valence-corrected chi connectivity index (χ0v) is 6.18. The van der Waals surface area contributed by atoms with Gasteiger partial charge in [-0.05, 0) is 30.7 Å². The number of nitrogens with one attached hydrogen (secondary N) is 1. The highest BCUT2D eigenvalue weighted by Gasteiger charge is 1.92. The first-order valence-corrected chi connectivity index (χ1v) is 3.51. The van der Waals surface area contributed by atoms with Gasteiger partial charge in [-0.15, -0.1) is 0 Å². The second-order valence-electron chi connectivity index (χ2n) is 2.33. The van der Waals surface area contributed by atoms with E-state index in [2.05, 4.69) is 5.32 Å². The van der Waals surface area contributed by atoms with Gasteiger partial charge in [0.25, 0.3) is 0 Å². The smallest absolute Gasteiger partial charge is 0.123 e. The van der Waals surface area contributed by atoms with Crippen molar-refractivity contribution in [1.82, 2.24) is 5.32 Å². The van der Waals surface area contributed by atoms with Crippen molar-refractivity contribution in [2.24, 2.45) is 0 Å². The average Bonchev–Trinajstić information content (AvgIpc) is 2.01. The number of hydrogen-bond acceptors (Lipinski definition) is 1. The molecule has 58 valence electrons. The highest BCUT2D eigenvalue weighted by atomic mass is 19.1.